The van der Waals surface area contributed by atoms with Crippen LogP contribution in [0, 0.1) is 13.8 Å². The maximum absolute atomic E-state index is 12.9. The number of ketones is 1. The first kappa shape index (κ1) is 22.0. The SMILES string of the molecule is Cc1cc2c(cc1C)C(=O)CC1(CCN(C(=O)C(C)Oc3ccc(Cl)cc3Cl)CC1)O2. The van der Waals surface area contributed by atoms with Crippen LogP contribution in [0.15, 0.2) is 30.3 Å². The lowest BCUT2D eigenvalue weighted by Gasteiger charge is -2.44. The van der Waals surface area contributed by atoms with Gasteiger partial charge in [-0.15, -0.1) is 0 Å². The van der Waals surface area contributed by atoms with Crippen LogP contribution in [0.2, 0.25) is 10.0 Å². The summed E-state index contributed by atoms with van der Waals surface area (Å²) in [7, 11) is 0. The molecule has 31 heavy (non-hydrogen) atoms. The summed E-state index contributed by atoms with van der Waals surface area (Å²) in [4.78, 5) is 27.5. The van der Waals surface area contributed by atoms with Gasteiger partial charge < -0.3 is 14.4 Å². The van der Waals surface area contributed by atoms with E-state index < -0.39 is 11.7 Å². The van der Waals surface area contributed by atoms with E-state index in [2.05, 4.69) is 0 Å². The molecule has 0 aliphatic carbocycles. The molecule has 1 amide bonds. The Morgan fingerprint density at radius 1 is 1.13 bits per heavy atom. The van der Waals surface area contributed by atoms with Crippen molar-refractivity contribution in [3.63, 3.8) is 0 Å². The molecule has 1 unspecified atom stereocenters. The Labute approximate surface area is 192 Å². The van der Waals surface area contributed by atoms with Crippen molar-refractivity contribution in [2.24, 2.45) is 0 Å². The normalized spacial score (nSPS) is 18.4. The second kappa shape index (κ2) is 8.36. The van der Waals surface area contributed by atoms with Crippen LogP contribution in [-0.4, -0.2) is 41.4 Å². The van der Waals surface area contributed by atoms with E-state index in [1.807, 2.05) is 26.0 Å². The van der Waals surface area contributed by atoms with Gasteiger partial charge in [-0.3, -0.25) is 9.59 Å². The number of ether oxygens (including phenoxy) is 2. The molecule has 7 heteroatoms. The van der Waals surface area contributed by atoms with Crippen LogP contribution in [-0.2, 0) is 4.79 Å². The van der Waals surface area contributed by atoms with Crippen LogP contribution in [0.3, 0.4) is 0 Å². The molecule has 164 valence electrons. The molecular weight excluding hydrogens is 437 g/mol. The fraction of sp³-hybridized carbons (Fsp3) is 0.417. The maximum Gasteiger partial charge on any atom is 0.263 e. The van der Waals surface area contributed by atoms with E-state index in [1.165, 1.54) is 0 Å². The van der Waals surface area contributed by atoms with E-state index >= 15 is 0 Å². The highest BCUT2D eigenvalue weighted by Gasteiger charge is 2.44. The molecule has 1 spiro atoms. The van der Waals surface area contributed by atoms with E-state index in [9.17, 15) is 9.59 Å². The van der Waals surface area contributed by atoms with Crippen LogP contribution >= 0.6 is 23.2 Å². The van der Waals surface area contributed by atoms with Crippen molar-refractivity contribution >= 4 is 34.9 Å². The average Bonchev–Trinajstić information content (AvgIpc) is 2.72. The predicted molar refractivity (Wildman–Crippen MR) is 121 cm³/mol. The molecule has 2 heterocycles. The van der Waals surface area contributed by atoms with Gasteiger partial charge in [0.1, 0.15) is 17.1 Å². The Kier molecular flexibility index (Phi) is 5.93. The lowest BCUT2D eigenvalue weighted by atomic mass is 9.82. The number of hydrogen-bond acceptors (Lipinski definition) is 4. The van der Waals surface area contributed by atoms with Gasteiger partial charge in [0.15, 0.2) is 11.9 Å². The van der Waals surface area contributed by atoms with Crippen LogP contribution in [0.4, 0.5) is 0 Å². The molecule has 2 aliphatic heterocycles. The number of hydrogen-bond donors (Lipinski definition) is 0. The van der Waals surface area contributed by atoms with Gasteiger partial charge in [-0.1, -0.05) is 23.2 Å². The smallest absolute Gasteiger partial charge is 0.263 e. The number of halogens is 2. The second-order valence-electron chi connectivity index (χ2n) is 8.48. The largest absolute Gasteiger partial charge is 0.486 e. The third kappa shape index (κ3) is 4.39. The van der Waals surface area contributed by atoms with Crippen molar-refractivity contribution < 1.29 is 19.1 Å². The van der Waals surface area contributed by atoms with E-state index in [4.69, 9.17) is 32.7 Å². The number of aryl methyl sites for hydroxylation is 2. The molecule has 0 bridgehead atoms. The quantitative estimate of drug-likeness (QED) is 0.613. The number of likely N-dealkylation sites (tertiary alicyclic amines) is 1. The minimum Gasteiger partial charge on any atom is -0.486 e. The average molecular weight is 462 g/mol. The molecule has 0 radical (unpaired) electrons. The summed E-state index contributed by atoms with van der Waals surface area (Å²) < 4.78 is 12.1. The van der Waals surface area contributed by atoms with E-state index in [1.54, 1.807) is 30.0 Å². The summed E-state index contributed by atoms with van der Waals surface area (Å²) in [6, 6.07) is 8.77. The third-order valence-electron chi connectivity index (χ3n) is 6.24. The van der Waals surface area contributed by atoms with Crippen LogP contribution in [0.25, 0.3) is 0 Å². The van der Waals surface area contributed by atoms with Crippen LogP contribution in [0.5, 0.6) is 11.5 Å². The second-order valence-corrected chi connectivity index (χ2v) is 9.32. The molecule has 1 atom stereocenters. The summed E-state index contributed by atoms with van der Waals surface area (Å²) in [5.74, 6) is 1.07. The van der Waals surface area contributed by atoms with E-state index in [-0.39, 0.29) is 11.7 Å². The maximum atomic E-state index is 12.9. The summed E-state index contributed by atoms with van der Waals surface area (Å²) in [6.07, 6.45) is 0.862. The van der Waals surface area contributed by atoms with Crippen molar-refractivity contribution in [2.75, 3.05) is 13.1 Å². The minimum absolute atomic E-state index is 0.109. The third-order valence-corrected chi connectivity index (χ3v) is 6.77. The highest BCUT2D eigenvalue weighted by Crippen LogP contribution is 2.40. The topological polar surface area (TPSA) is 55.8 Å². The Bertz CT molecular complexity index is 1040. The van der Waals surface area contributed by atoms with Crippen molar-refractivity contribution in [3.8, 4) is 11.5 Å². The van der Waals surface area contributed by atoms with Gasteiger partial charge in [0.2, 0.25) is 0 Å². The number of rotatable bonds is 3. The fourth-order valence-electron chi connectivity index (χ4n) is 4.23. The molecule has 2 aliphatic rings. The molecule has 0 saturated carbocycles. The van der Waals surface area contributed by atoms with Crippen molar-refractivity contribution in [1.82, 2.24) is 4.90 Å². The minimum atomic E-state index is -0.687. The zero-order chi connectivity index (χ0) is 22.3. The molecule has 4 rings (SSSR count). The molecule has 2 aromatic rings. The monoisotopic (exact) mass is 461 g/mol. The van der Waals surface area contributed by atoms with E-state index in [0.29, 0.717) is 59.5 Å². The van der Waals surface area contributed by atoms with Gasteiger partial charge in [-0.05, 0) is 62.2 Å². The number of carbonyl (C=O) groups excluding carboxylic acids is 2. The first-order chi connectivity index (χ1) is 14.7. The molecule has 5 nitrogen and oxygen atoms in total. The highest BCUT2D eigenvalue weighted by molar-refractivity contribution is 6.35. The number of amides is 1. The Hall–Kier alpha value is -2.24. The van der Waals surface area contributed by atoms with Gasteiger partial charge in [-0.25, -0.2) is 0 Å². The summed E-state index contributed by atoms with van der Waals surface area (Å²) in [6.45, 7) is 6.74. The summed E-state index contributed by atoms with van der Waals surface area (Å²) in [5.41, 5.74) is 2.30. The molecule has 2 aromatic carbocycles. The number of nitrogens with zero attached hydrogens (tertiary/aromatic N) is 1. The lowest BCUT2D eigenvalue weighted by Crippen LogP contribution is -2.54. The Balaban J connectivity index is 1.41. The van der Waals surface area contributed by atoms with Crippen molar-refractivity contribution in [3.05, 3.63) is 57.1 Å². The van der Waals surface area contributed by atoms with Gasteiger partial charge in [0, 0.05) is 31.0 Å². The zero-order valence-corrected chi connectivity index (χ0v) is 19.3. The number of fused-ring (bicyclic) bond motifs is 1. The highest BCUT2D eigenvalue weighted by atomic mass is 35.5. The standard InChI is InChI=1S/C24H25Cl2NO4/c1-14-10-18-20(28)13-24(31-22(18)11-15(14)2)6-8-27(9-7-24)23(29)16(3)30-21-5-4-17(25)12-19(21)26/h4-5,10-12,16H,6-9,13H2,1-3H3. The molecule has 0 aromatic heterocycles. The van der Waals surface area contributed by atoms with Gasteiger partial charge in [0.25, 0.3) is 5.91 Å². The van der Waals surface area contributed by atoms with Crippen molar-refractivity contribution in [1.29, 1.82) is 0 Å². The number of carbonyl (C=O) groups is 2. The van der Waals surface area contributed by atoms with Crippen LogP contribution in [0.1, 0.15) is 47.7 Å². The Morgan fingerprint density at radius 2 is 1.81 bits per heavy atom. The zero-order valence-electron chi connectivity index (χ0n) is 17.8. The molecule has 0 N–H and O–H groups in total. The van der Waals surface area contributed by atoms with Crippen LogP contribution < -0.4 is 9.47 Å². The van der Waals surface area contributed by atoms with Gasteiger partial charge in [0.05, 0.1) is 17.0 Å². The predicted octanol–water partition coefficient (Wildman–Crippen LogP) is 5.40. The summed E-state index contributed by atoms with van der Waals surface area (Å²) >= 11 is 12.1. The first-order valence-corrected chi connectivity index (χ1v) is 11.2. The number of piperidine rings is 1. The fourth-order valence-corrected chi connectivity index (χ4v) is 4.68. The molecular formula is C24H25Cl2NO4. The summed E-state index contributed by atoms with van der Waals surface area (Å²) in [5, 5.41) is 0.870. The lowest BCUT2D eigenvalue weighted by molar-refractivity contribution is -0.141. The first-order valence-electron chi connectivity index (χ1n) is 10.4. The number of benzene rings is 2. The van der Waals surface area contributed by atoms with E-state index in [0.717, 1.165) is 11.1 Å². The van der Waals surface area contributed by atoms with Crippen molar-refractivity contribution in [2.45, 2.75) is 51.7 Å². The Morgan fingerprint density at radius 3 is 2.48 bits per heavy atom. The van der Waals surface area contributed by atoms with Gasteiger partial charge >= 0.3 is 0 Å². The molecule has 1 fully saturated rings. The van der Waals surface area contributed by atoms with Gasteiger partial charge in [-0.2, -0.15) is 0 Å². The molecule has 1 saturated heterocycles. The number of Topliss-reactive ketones (excluding diaryl/α,β-unsaturated/α-hetero) is 1.